The van der Waals surface area contributed by atoms with Crippen molar-refractivity contribution in [3.05, 3.63) is 0 Å². The summed E-state index contributed by atoms with van der Waals surface area (Å²) in [5, 5.41) is 12.5. The highest BCUT2D eigenvalue weighted by Crippen LogP contribution is 2.44. The molecule has 3 N–H and O–H groups in total. The molecule has 0 fully saturated rings. The first kappa shape index (κ1) is 19.4. The zero-order valence-electron chi connectivity index (χ0n) is 13.1. The maximum atomic E-state index is 11.9. The summed E-state index contributed by atoms with van der Waals surface area (Å²) >= 11 is 0. The van der Waals surface area contributed by atoms with Crippen molar-refractivity contribution in [3.63, 3.8) is 0 Å². The Balaban J connectivity index is 4.32. The third-order valence-electron chi connectivity index (χ3n) is 2.46. The number of unbranched alkanes of at least 4 members (excludes halogenated alkanes) is 1. The summed E-state index contributed by atoms with van der Waals surface area (Å²) < 4.78 is 16.9. The van der Waals surface area contributed by atoms with Crippen LogP contribution >= 0.6 is 7.37 Å². The SMILES string of the molecule is CCCCP(=O)(O)CC(C)(O)CNC(=O)OC(C)(C)C. The van der Waals surface area contributed by atoms with E-state index in [0.29, 0.717) is 6.42 Å². The Morgan fingerprint density at radius 3 is 2.30 bits per heavy atom. The van der Waals surface area contributed by atoms with Gasteiger partial charge in [-0.1, -0.05) is 13.3 Å². The molecule has 1 amide bonds. The third kappa shape index (κ3) is 10.2. The second-order valence-corrected chi connectivity index (χ2v) is 8.89. The minimum absolute atomic E-state index is 0.126. The molecule has 0 aromatic carbocycles. The molecular weight excluding hydrogens is 281 g/mol. The van der Waals surface area contributed by atoms with E-state index in [9.17, 15) is 19.4 Å². The molecule has 0 aromatic heterocycles. The fourth-order valence-corrected chi connectivity index (χ4v) is 3.79. The monoisotopic (exact) mass is 309 g/mol. The Hall–Kier alpha value is -0.580. The largest absolute Gasteiger partial charge is 0.444 e. The predicted molar refractivity (Wildman–Crippen MR) is 79.3 cm³/mol. The van der Waals surface area contributed by atoms with Gasteiger partial charge in [0.15, 0.2) is 0 Å². The molecule has 20 heavy (non-hydrogen) atoms. The first-order chi connectivity index (χ1) is 8.87. The van der Waals surface area contributed by atoms with Crippen molar-refractivity contribution >= 4 is 13.5 Å². The van der Waals surface area contributed by atoms with Gasteiger partial charge in [-0.15, -0.1) is 0 Å². The van der Waals surface area contributed by atoms with Gasteiger partial charge in [0.2, 0.25) is 7.37 Å². The highest BCUT2D eigenvalue weighted by atomic mass is 31.2. The minimum atomic E-state index is -3.37. The average Bonchev–Trinajstić information content (AvgIpc) is 2.20. The van der Waals surface area contributed by atoms with Crippen molar-refractivity contribution in [1.29, 1.82) is 0 Å². The van der Waals surface area contributed by atoms with Crippen LogP contribution < -0.4 is 5.32 Å². The molecular formula is C13H28NO5P. The van der Waals surface area contributed by atoms with Gasteiger partial charge in [-0.05, 0) is 34.1 Å². The summed E-state index contributed by atoms with van der Waals surface area (Å²) in [7, 11) is -3.37. The van der Waals surface area contributed by atoms with E-state index in [2.05, 4.69) is 5.32 Å². The third-order valence-corrected chi connectivity index (χ3v) is 4.65. The Labute approximate surface area is 121 Å². The van der Waals surface area contributed by atoms with Crippen LogP contribution in [0, 0.1) is 0 Å². The minimum Gasteiger partial charge on any atom is -0.444 e. The zero-order chi connectivity index (χ0) is 16.0. The first-order valence-corrected chi connectivity index (χ1v) is 8.90. The van der Waals surface area contributed by atoms with Crippen LogP contribution in [-0.2, 0) is 9.30 Å². The van der Waals surface area contributed by atoms with Crippen LogP contribution in [0.3, 0.4) is 0 Å². The van der Waals surface area contributed by atoms with Crippen LogP contribution in [0.1, 0.15) is 47.5 Å². The molecule has 0 heterocycles. The van der Waals surface area contributed by atoms with Gasteiger partial charge < -0.3 is 20.1 Å². The molecule has 6 nitrogen and oxygen atoms in total. The molecule has 7 heteroatoms. The van der Waals surface area contributed by atoms with Crippen LogP contribution in [0.5, 0.6) is 0 Å². The number of aliphatic hydroxyl groups is 1. The quantitative estimate of drug-likeness (QED) is 0.627. The number of alkyl carbamates (subject to hydrolysis) is 1. The van der Waals surface area contributed by atoms with Crippen molar-refractivity contribution in [3.8, 4) is 0 Å². The number of ether oxygens (including phenoxy) is 1. The summed E-state index contributed by atoms with van der Waals surface area (Å²) in [6.45, 7) is 8.44. The predicted octanol–water partition coefficient (Wildman–Crippen LogP) is 2.33. The van der Waals surface area contributed by atoms with E-state index in [1.807, 2.05) is 6.92 Å². The second-order valence-electron chi connectivity index (χ2n) is 6.43. The number of nitrogens with one attached hydrogen (secondary N) is 1. The van der Waals surface area contributed by atoms with Crippen LogP contribution in [0.25, 0.3) is 0 Å². The van der Waals surface area contributed by atoms with Gasteiger partial charge in [0, 0.05) is 12.7 Å². The highest BCUT2D eigenvalue weighted by Gasteiger charge is 2.32. The van der Waals surface area contributed by atoms with Crippen molar-refractivity contribution in [2.75, 3.05) is 18.9 Å². The second kappa shape index (κ2) is 7.43. The molecule has 120 valence electrons. The number of hydrogen-bond acceptors (Lipinski definition) is 4. The summed E-state index contributed by atoms with van der Waals surface area (Å²) in [4.78, 5) is 21.3. The fraction of sp³-hybridized carbons (Fsp3) is 0.923. The Morgan fingerprint density at radius 2 is 1.85 bits per heavy atom. The molecule has 0 aliphatic carbocycles. The maximum Gasteiger partial charge on any atom is 0.407 e. The van der Waals surface area contributed by atoms with Crippen LogP contribution in [0.2, 0.25) is 0 Å². The molecule has 2 unspecified atom stereocenters. The molecule has 0 aliphatic heterocycles. The van der Waals surface area contributed by atoms with E-state index in [-0.39, 0.29) is 18.9 Å². The van der Waals surface area contributed by atoms with Gasteiger partial charge in [-0.3, -0.25) is 4.57 Å². The Morgan fingerprint density at radius 1 is 1.30 bits per heavy atom. The van der Waals surface area contributed by atoms with Crippen LogP contribution in [-0.4, -0.2) is 46.2 Å². The molecule has 0 aliphatic rings. The molecule has 0 radical (unpaired) electrons. The van der Waals surface area contributed by atoms with Crippen molar-refractivity contribution < 1.29 is 24.1 Å². The average molecular weight is 309 g/mol. The molecule has 0 saturated heterocycles. The summed E-state index contributed by atoms with van der Waals surface area (Å²) in [6.07, 6.45) is 0.757. The number of amides is 1. The first-order valence-electron chi connectivity index (χ1n) is 6.87. The van der Waals surface area contributed by atoms with E-state index < -0.39 is 24.7 Å². The zero-order valence-corrected chi connectivity index (χ0v) is 14.0. The molecule has 0 spiro atoms. The van der Waals surface area contributed by atoms with Gasteiger partial charge >= 0.3 is 6.09 Å². The van der Waals surface area contributed by atoms with E-state index in [1.54, 1.807) is 20.8 Å². The normalized spacial score (nSPS) is 17.9. The number of carbonyl (C=O) groups excluding carboxylic acids is 1. The van der Waals surface area contributed by atoms with Crippen molar-refractivity contribution in [2.45, 2.75) is 58.7 Å². The van der Waals surface area contributed by atoms with E-state index in [0.717, 1.165) is 6.42 Å². The standard InChI is InChI=1S/C13H28NO5P/c1-6-7-8-20(17,18)10-13(5,16)9-14-11(15)19-12(2,3)4/h16H,6-10H2,1-5H3,(H,14,15)(H,17,18). The molecule has 2 atom stereocenters. The number of hydrogen-bond donors (Lipinski definition) is 3. The smallest absolute Gasteiger partial charge is 0.407 e. The van der Waals surface area contributed by atoms with Gasteiger partial charge in [-0.25, -0.2) is 4.79 Å². The Bertz CT molecular complexity index is 362. The molecule has 0 rings (SSSR count). The van der Waals surface area contributed by atoms with Gasteiger partial charge in [0.25, 0.3) is 0 Å². The van der Waals surface area contributed by atoms with Crippen molar-refractivity contribution in [1.82, 2.24) is 5.32 Å². The molecule has 0 saturated carbocycles. The highest BCUT2D eigenvalue weighted by molar-refractivity contribution is 7.58. The lowest BCUT2D eigenvalue weighted by Gasteiger charge is -2.27. The Kier molecular flexibility index (Phi) is 7.22. The maximum absolute atomic E-state index is 11.9. The van der Waals surface area contributed by atoms with E-state index in [1.165, 1.54) is 6.92 Å². The lowest BCUT2D eigenvalue weighted by Crippen LogP contribution is -2.45. The summed E-state index contributed by atoms with van der Waals surface area (Å²) in [5.41, 5.74) is -2.06. The van der Waals surface area contributed by atoms with E-state index >= 15 is 0 Å². The lowest BCUT2D eigenvalue weighted by molar-refractivity contribution is 0.0395. The van der Waals surface area contributed by atoms with Crippen LogP contribution in [0.15, 0.2) is 0 Å². The topological polar surface area (TPSA) is 95.9 Å². The number of carbonyl (C=O) groups is 1. The lowest BCUT2D eigenvalue weighted by atomic mass is 10.1. The fourth-order valence-electron chi connectivity index (χ4n) is 1.65. The molecule has 0 bridgehead atoms. The summed E-state index contributed by atoms with van der Waals surface area (Å²) in [5.74, 6) is 0. The van der Waals surface area contributed by atoms with Crippen LogP contribution in [0.4, 0.5) is 4.79 Å². The van der Waals surface area contributed by atoms with Gasteiger partial charge in [0.1, 0.15) is 5.60 Å². The van der Waals surface area contributed by atoms with Gasteiger partial charge in [0.05, 0.1) is 11.8 Å². The number of rotatable bonds is 7. The van der Waals surface area contributed by atoms with Gasteiger partial charge in [-0.2, -0.15) is 0 Å². The summed E-state index contributed by atoms with van der Waals surface area (Å²) in [6, 6.07) is 0. The van der Waals surface area contributed by atoms with E-state index in [4.69, 9.17) is 4.74 Å². The van der Waals surface area contributed by atoms with Crippen molar-refractivity contribution in [2.24, 2.45) is 0 Å². The molecule has 0 aromatic rings.